The van der Waals surface area contributed by atoms with Crippen molar-refractivity contribution in [2.45, 2.75) is 57.4 Å². The second-order valence-electron chi connectivity index (χ2n) is 10.1. The van der Waals surface area contributed by atoms with Crippen LogP contribution in [0.3, 0.4) is 0 Å². The van der Waals surface area contributed by atoms with E-state index in [4.69, 9.17) is 16.3 Å². The van der Waals surface area contributed by atoms with Crippen LogP contribution >= 0.6 is 0 Å². The fraction of sp³-hybridized carbons (Fsp3) is 0.538. The number of likely N-dealkylation sites (N-methyl/N-ethyl adjacent to an activating group) is 1. The van der Waals surface area contributed by atoms with Crippen LogP contribution in [-0.2, 0) is 17.8 Å². The van der Waals surface area contributed by atoms with Crippen LogP contribution in [0.25, 0.3) is 5.70 Å². The molecule has 2 aromatic heterocycles. The first-order valence-corrected chi connectivity index (χ1v) is 12.8. The van der Waals surface area contributed by atoms with Crippen LogP contribution in [0.5, 0.6) is 6.01 Å². The fourth-order valence-corrected chi connectivity index (χ4v) is 4.86. The lowest BCUT2D eigenvalue weighted by molar-refractivity contribution is -0.153. The molecule has 4 rings (SSSR count). The summed E-state index contributed by atoms with van der Waals surface area (Å²) in [7, 11) is 1.64. The molecule has 1 saturated carbocycles. The number of nitrogens with two attached hydrogens (primary N) is 2. The van der Waals surface area contributed by atoms with Gasteiger partial charge in [-0.15, -0.1) is 0 Å². The monoisotopic (exact) mass is 531 g/mol. The summed E-state index contributed by atoms with van der Waals surface area (Å²) >= 11 is 0. The highest BCUT2D eigenvalue weighted by molar-refractivity contribution is 5.70. The number of ether oxygens (including phenoxy) is 1. The number of likely N-dealkylation sites (tertiary alicyclic amines) is 1. The third-order valence-corrected chi connectivity index (χ3v) is 7.15. The first-order chi connectivity index (χ1) is 18.1. The Morgan fingerprint density at radius 2 is 2.05 bits per heavy atom. The molecular formula is C26H35F2N7O3. The second kappa shape index (κ2) is 11.6. The first-order valence-electron chi connectivity index (χ1n) is 12.8. The number of hydrogen-bond acceptors (Lipinski definition) is 9. The smallest absolute Gasteiger partial charge is 0.316 e. The summed E-state index contributed by atoms with van der Waals surface area (Å²) in [5.41, 5.74) is 10.1. The van der Waals surface area contributed by atoms with Crippen molar-refractivity contribution in [2.75, 3.05) is 26.7 Å². The van der Waals surface area contributed by atoms with Gasteiger partial charge in [0.2, 0.25) is 0 Å². The summed E-state index contributed by atoms with van der Waals surface area (Å²) in [4.78, 5) is 26.2. The van der Waals surface area contributed by atoms with Gasteiger partial charge in [0.05, 0.1) is 35.2 Å². The molecule has 3 heterocycles. The van der Waals surface area contributed by atoms with E-state index in [1.54, 1.807) is 25.4 Å². The molecule has 1 aliphatic heterocycles. The van der Waals surface area contributed by atoms with E-state index in [1.807, 2.05) is 13.0 Å². The zero-order valence-corrected chi connectivity index (χ0v) is 21.7. The minimum absolute atomic E-state index is 0.0251. The lowest BCUT2D eigenvalue weighted by atomic mass is 9.83. The summed E-state index contributed by atoms with van der Waals surface area (Å²) in [6.45, 7) is 1.67. The Hall–Kier alpha value is -3.38. The molecule has 1 unspecified atom stereocenters. The zero-order valence-electron chi connectivity index (χ0n) is 21.7. The highest BCUT2D eigenvalue weighted by atomic mass is 19.3. The van der Waals surface area contributed by atoms with Crippen molar-refractivity contribution in [3.05, 3.63) is 52.7 Å². The zero-order chi connectivity index (χ0) is 27.4. The Balaban J connectivity index is 1.51. The number of alkyl halides is 2. The Bertz CT molecular complexity index is 1190. The van der Waals surface area contributed by atoms with Gasteiger partial charge in [0.1, 0.15) is 6.61 Å². The van der Waals surface area contributed by atoms with Crippen molar-refractivity contribution in [3.8, 4) is 6.01 Å². The van der Waals surface area contributed by atoms with Gasteiger partial charge in [-0.05, 0) is 37.0 Å². The van der Waals surface area contributed by atoms with E-state index in [0.717, 1.165) is 24.1 Å². The van der Waals surface area contributed by atoms with Crippen LogP contribution in [0.4, 0.5) is 8.78 Å². The van der Waals surface area contributed by atoms with Gasteiger partial charge in [0.15, 0.2) is 0 Å². The van der Waals surface area contributed by atoms with E-state index in [0.29, 0.717) is 35.1 Å². The molecule has 2 aliphatic rings. The van der Waals surface area contributed by atoms with E-state index in [1.165, 1.54) is 16.3 Å². The summed E-state index contributed by atoms with van der Waals surface area (Å²) in [5, 5.41) is 10.6. The number of pyridine rings is 1. The van der Waals surface area contributed by atoms with Crippen molar-refractivity contribution < 1.29 is 23.4 Å². The molecule has 1 atom stereocenters. The van der Waals surface area contributed by atoms with Gasteiger partial charge in [0, 0.05) is 44.4 Å². The van der Waals surface area contributed by atoms with Gasteiger partial charge >= 0.3 is 12.0 Å². The number of aromatic nitrogens is 3. The van der Waals surface area contributed by atoms with Crippen molar-refractivity contribution in [2.24, 2.45) is 17.5 Å². The van der Waals surface area contributed by atoms with Crippen molar-refractivity contribution >= 4 is 11.7 Å². The second-order valence-corrected chi connectivity index (χ2v) is 10.1. The maximum absolute atomic E-state index is 14.2. The molecule has 0 aromatic carbocycles. The number of hydrazine groups is 1. The molecule has 0 radical (unpaired) electrons. The normalized spacial score (nSPS) is 20.4. The Morgan fingerprint density at radius 3 is 2.68 bits per heavy atom. The number of aliphatic carboxylic acids is 1. The lowest BCUT2D eigenvalue weighted by Gasteiger charge is -2.36. The van der Waals surface area contributed by atoms with Crippen LogP contribution < -0.4 is 16.3 Å². The largest absolute Gasteiger partial charge is 0.481 e. The predicted molar refractivity (Wildman–Crippen MR) is 137 cm³/mol. The number of carboxylic acid groups (broad SMARTS) is 1. The minimum Gasteiger partial charge on any atom is -0.481 e. The quantitative estimate of drug-likeness (QED) is 0.309. The average molecular weight is 532 g/mol. The van der Waals surface area contributed by atoms with Crippen LogP contribution in [0.15, 0.2) is 30.1 Å². The van der Waals surface area contributed by atoms with Gasteiger partial charge in [0.25, 0.3) is 5.92 Å². The van der Waals surface area contributed by atoms with E-state index < -0.39 is 30.8 Å². The molecule has 0 spiro atoms. The van der Waals surface area contributed by atoms with Gasteiger partial charge < -0.3 is 20.6 Å². The molecule has 5 N–H and O–H groups in total. The number of rotatable bonds is 10. The number of carboxylic acids is 1. The van der Waals surface area contributed by atoms with Crippen LogP contribution in [-0.4, -0.2) is 68.6 Å². The minimum atomic E-state index is -3.06. The molecule has 1 saturated heterocycles. The summed E-state index contributed by atoms with van der Waals surface area (Å²) in [5.74, 6) is 1.11. The highest BCUT2D eigenvalue weighted by Crippen LogP contribution is 2.35. The molecule has 10 nitrogen and oxygen atoms in total. The third-order valence-electron chi connectivity index (χ3n) is 7.15. The summed E-state index contributed by atoms with van der Waals surface area (Å²) in [6, 6.07) is 5.65. The number of aryl methyl sites for hydroxylation is 1. The van der Waals surface area contributed by atoms with Crippen molar-refractivity contribution in [1.82, 2.24) is 24.9 Å². The number of halogens is 2. The number of piperidine rings is 1. The van der Waals surface area contributed by atoms with E-state index in [-0.39, 0.29) is 25.7 Å². The maximum atomic E-state index is 14.2. The number of nitrogens with zero attached hydrogens (tertiary/aromatic N) is 5. The van der Waals surface area contributed by atoms with Gasteiger partial charge in [-0.25, -0.2) is 19.6 Å². The molecule has 12 heteroatoms. The predicted octanol–water partition coefficient (Wildman–Crippen LogP) is 2.76. The Labute approximate surface area is 220 Å². The van der Waals surface area contributed by atoms with E-state index in [9.17, 15) is 18.7 Å². The van der Waals surface area contributed by atoms with E-state index in [2.05, 4.69) is 15.0 Å². The van der Waals surface area contributed by atoms with Crippen LogP contribution in [0.1, 0.15) is 61.2 Å². The maximum Gasteiger partial charge on any atom is 0.316 e. The number of carbonyl (C=O) groups is 1. The van der Waals surface area contributed by atoms with Gasteiger partial charge in [-0.2, -0.15) is 4.98 Å². The van der Waals surface area contributed by atoms with Crippen LogP contribution in [0.2, 0.25) is 0 Å². The average Bonchev–Trinajstić information content (AvgIpc) is 2.82. The lowest BCUT2D eigenvalue weighted by Crippen LogP contribution is -2.48. The Morgan fingerprint density at radius 1 is 1.29 bits per heavy atom. The van der Waals surface area contributed by atoms with Gasteiger partial charge in [-0.3, -0.25) is 14.7 Å². The van der Waals surface area contributed by atoms with Crippen LogP contribution in [0, 0.1) is 5.92 Å². The molecule has 206 valence electrons. The molecule has 0 bridgehead atoms. The summed E-state index contributed by atoms with van der Waals surface area (Å²) < 4.78 is 34.2. The standard InChI is InChI=1S/C26H35F2N7O3/c1-3-19-17(12-35-13-18(24(36)37)11-26(27,28)15-35)7-8-21(32-19)23(29)22(34(2)30)14-38-25-31-10-9-20(33-25)16-5-4-6-16/h7-10,16,18H,3-6,11-15,29-30H2,1-2H3,(H,36,37)/b23-22-. The molecule has 0 amide bonds. The molecular weight excluding hydrogens is 496 g/mol. The first kappa shape index (κ1) is 27.6. The molecule has 2 aromatic rings. The topological polar surface area (TPSA) is 144 Å². The fourth-order valence-electron chi connectivity index (χ4n) is 4.86. The van der Waals surface area contributed by atoms with Crippen molar-refractivity contribution in [1.29, 1.82) is 0 Å². The van der Waals surface area contributed by atoms with Crippen molar-refractivity contribution in [3.63, 3.8) is 0 Å². The number of hydrogen-bond donors (Lipinski definition) is 3. The summed E-state index contributed by atoms with van der Waals surface area (Å²) in [6.07, 6.45) is 4.99. The molecule has 2 fully saturated rings. The highest BCUT2D eigenvalue weighted by Gasteiger charge is 2.43. The Kier molecular flexibility index (Phi) is 8.41. The molecule has 1 aliphatic carbocycles. The van der Waals surface area contributed by atoms with Gasteiger partial charge in [-0.1, -0.05) is 19.4 Å². The molecule has 38 heavy (non-hydrogen) atoms. The third kappa shape index (κ3) is 6.54. The van der Waals surface area contributed by atoms with E-state index >= 15 is 0 Å². The SMILES string of the molecule is CCc1nc(/C(N)=C(\COc2nccc(C3CCC3)n2)N(C)N)ccc1CN1CC(C(=O)O)CC(F)(F)C1.